The van der Waals surface area contributed by atoms with Crippen molar-refractivity contribution >= 4 is 16.6 Å². The molecule has 0 aliphatic carbocycles. The highest BCUT2D eigenvalue weighted by Crippen LogP contribution is 2.16. The number of benzene rings is 1. The van der Waals surface area contributed by atoms with Gasteiger partial charge in [-0.1, -0.05) is 6.92 Å². The molecule has 0 amide bonds. The highest BCUT2D eigenvalue weighted by atomic mass is 16.3. The minimum Gasteiger partial charge on any atom is -0.399 e. The van der Waals surface area contributed by atoms with Crippen LogP contribution in [-0.2, 0) is 6.54 Å². The summed E-state index contributed by atoms with van der Waals surface area (Å²) in [6.45, 7) is 2.89. The summed E-state index contributed by atoms with van der Waals surface area (Å²) in [5.41, 5.74) is 7.30. The molecule has 2 rings (SSSR count). The molecular formula is C11H15N3O. The molecule has 1 aromatic carbocycles. The maximum atomic E-state index is 8.95. The largest absolute Gasteiger partial charge is 0.399 e. The van der Waals surface area contributed by atoms with Gasteiger partial charge < -0.3 is 10.8 Å². The Hall–Kier alpha value is -1.55. The summed E-state index contributed by atoms with van der Waals surface area (Å²) < 4.78 is 1.85. The number of hydrogen-bond donors (Lipinski definition) is 2. The summed E-state index contributed by atoms with van der Waals surface area (Å²) >= 11 is 0. The zero-order valence-electron chi connectivity index (χ0n) is 8.72. The van der Waals surface area contributed by atoms with E-state index in [0.29, 0.717) is 0 Å². The number of rotatable bonds is 3. The number of nitrogens with two attached hydrogens (primary N) is 1. The smallest absolute Gasteiger partial charge is 0.0943 e. The molecule has 1 heterocycles. The molecule has 1 aromatic heterocycles. The van der Waals surface area contributed by atoms with Crippen molar-refractivity contribution in [2.24, 2.45) is 5.92 Å². The van der Waals surface area contributed by atoms with Gasteiger partial charge in [-0.05, 0) is 24.1 Å². The quantitative estimate of drug-likeness (QED) is 0.741. The van der Waals surface area contributed by atoms with Crippen LogP contribution in [0.1, 0.15) is 6.92 Å². The van der Waals surface area contributed by atoms with E-state index in [1.807, 2.05) is 36.0 Å². The predicted molar refractivity (Wildman–Crippen MR) is 60.4 cm³/mol. The molecule has 0 saturated heterocycles. The zero-order chi connectivity index (χ0) is 10.8. The van der Waals surface area contributed by atoms with Crippen molar-refractivity contribution in [3.05, 3.63) is 24.4 Å². The Morgan fingerprint density at radius 1 is 1.53 bits per heavy atom. The Labute approximate surface area is 88.3 Å². The minimum atomic E-state index is 0.179. The lowest BCUT2D eigenvalue weighted by Gasteiger charge is -2.06. The molecule has 0 bridgehead atoms. The van der Waals surface area contributed by atoms with Crippen LogP contribution in [0.4, 0.5) is 5.69 Å². The van der Waals surface area contributed by atoms with Crippen molar-refractivity contribution < 1.29 is 5.11 Å². The van der Waals surface area contributed by atoms with Crippen LogP contribution in [0.5, 0.6) is 0 Å². The van der Waals surface area contributed by atoms with Gasteiger partial charge >= 0.3 is 0 Å². The number of nitrogen functional groups attached to an aromatic ring is 1. The van der Waals surface area contributed by atoms with Crippen molar-refractivity contribution in [1.29, 1.82) is 0 Å². The van der Waals surface area contributed by atoms with Crippen LogP contribution in [0.3, 0.4) is 0 Å². The molecular weight excluding hydrogens is 190 g/mol. The Bertz CT molecular complexity index is 464. The first kappa shape index (κ1) is 9.98. The molecule has 0 aliphatic heterocycles. The number of hydrogen-bond acceptors (Lipinski definition) is 3. The number of aliphatic hydroxyl groups excluding tert-OH is 1. The maximum absolute atomic E-state index is 8.95. The first-order chi connectivity index (χ1) is 7.19. The van der Waals surface area contributed by atoms with E-state index in [1.54, 1.807) is 0 Å². The second-order valence-electron chi connectivity index (χ2n) is 3.96. The fourth-order valence-electron chi connectivity index (χ4n) is 1.55. The summed E-state index contributed by atoms with van der Waals surface area (Å²) in [5.74, 6) is 0.219. The van der Waals surface area contributed by atoms with Crippen molar-refractivity contribution in [3.8, 4) is 0 Å². The number of nitrogens with zero attached hydrogens (tertiary/aromatic N) is 2. The maximum Gasteiger partial charge on any atom is 0.0943 e. The Balaban J connectivity index is 2.30. The van der Waals surface area contributed by atoms with Gasteiger partial charge in [0.05, 0.1) is 5.52 Å². The van der Waals surface area contributed by atoms with E-state index < -0.39 is 0 Å². The van der Waals surface area contributed by atoms with Gasteiger partial charge in [-0.25, -0.2) is 0 Å². The zero-order valence-corrected chi connectivity index (χ0v) is 8.72. The summed E-state index contributed by atoms with van der Waals surface area (Å²) in [6.07, 6.45) is 1.97. The third-order valence-electron chi connectivity index (χ3n) is 2.39. The fraction of sp³-hybridized carbons (Fsp3) is 0.364. The van der Waals surface area contributed by atoms with Crippen LogP contribution in [0.15, 0.2) is 24.4 Å². The van der Waals surface area contributed by atoms with Gasteiger partial charge in [0.15, 0.2) is 0 Å². The molecule has 3 N–H and O–H groups in total. The highest BCUT2D eigenvalue weighted by Gasteiger charge is 2.04. The Morgan fingerprint density at radius 3 is 3.07 bits per heavy atom. The van der Waals surface area contributed by atoms with Crippen LogP contribution in [-0.4, -0.2) is 21.5 Å². The van der Waals surface area contributed by atoms with E-state index in [-0.39, 0.29) is 12.5 Å². The molecule has 4 nitrogen and oxygen atoms in total. The predicted octanol–water partition coefficient (Wildman–Crippen LogP) is 1.25. The van der Waals surface area contributed by atoms with E-state index >= 15 is 0 Å². The SMILES string of the molecule is CC(CO)Cn1cc2ccc(N)cc2n1. The van der Waals surface area contributed by atoms with Gasteiger partial charge in [-0.2, -0.15) is 5.10 Å². The van der Waals surface area contributed by atoms with Gasteiger partial charge in [0, 0.05) is 30.4 Å². The van der Waals surface area contributed by atoms with E-state index in [0.717, 1.165) is 23.1 Å². The van der Waals surface area contributed by atoms with Crippen molar-refractivity contribution in [1.82, 2.24) is 9.78 Å². The second kappa shape index (κ2) is 3.90. The molecule has 4 heteroatoms. The molecule has 1 atom stereocenters. The summed E-state index contributed by atoms with van der Waals surface area (Å²) in [7, 11) is 0. The lowest BCUT2D eigenvalue weighted by molar-refractivity contribution is 0.219. The molecule has 15 heavy (non-hydrogen) atoms. The van der Waals surface area contributed by atoms with Crippen molar-refractivity contribution in [2.45, 2.75) is 13.5 Å². The average molecular weight is 205 g/mol. The van der Waals surface area contributed by atoms with Gasteiger partial charge in [-0.3, -0.25) is 4.68 Å². The summed E-state index contributed by atoms with van der Waals surface area (Å²) in [6, 6.07) is 5.68. The minimum absolute atomic E-state index is 0.179. The Morgan fingerprint density at radius 2 is 2.33 bits per heavy atom. The summed E-state index contributed by atoms with van der Waals surface area (Å²) in [5, 5.41) is 14.4. The van der Waals surface area contributed by atoms with Gasteiger partial charge in [0.25, 0.3) is 0 Å². The Kier molecular flexibility index (Phi) is 2.60. The third-order valence-corrected chi connectivity index (χ3v) is 2.39. The van der Waals surface area contributed by atoms with Crippen LogP contribution >= 0.6 is 0 Å². The molecule has 0 spiro atoms. The number of fused-ring (bicyclic) bond motifs is 1. The highest BCUT2D eigenvalue weighted by molar-refractivity contribution is 5.81. The topological polar surface area (TPSA) is 64.1 Å². The number of anilines is 1. The van der Waals surface area contributed by atoms with Crippen molar-refractivity contribution in [2.75, 3.05) is 12.3 Å². The van der Waals surface area contributed by atoms with E-state index in [9.17, 15) is 0 Å². The van der Waals surface area contributed by atoms with Gasteiger partial charge in [-0.15, -0.1) is 0 Å². The van der Waals surface area contributed by atoms with Crippen LogP contribution in [0.25, 0.3) is 10.9 Å². The van der Waals surface area contributed by atoms with Crippen LogP contribution < -0.4 is 5.73 Å². The van der Waals surface area contributed by atoms with Gasteiger partial charge in [0.2, 0.25) is 0 Å². The molecule has 2 aromatic rings. The van der Waals surface area contributed by atoms with Gasteiger partial charge in [0.1, 0.15) is 0 Å². The first-order valence-electron chi connectivity index (χ1n) is 5.02. The summed E-state index contributed by atoms with van der Waals surface area (Å²) in [4.78, 5) is 0. The van der Waals surface area contributed by atoms with E-state index in [2.05, 4.69) is 5.10 Å². The third kappa shape index (κ3) is 2.10. The number of aliphatic hydroxyl groups is 1. The van der Waals surface area contributed by atoms with Crippen molar-refractivity contribution in [3.63, 3.8) is 0 Å². The lowest BCUT2D eigenvalue weighted by atomic mass is 10.2. The molecule has 0 aliphatic rings. The average Bonchev–Trinajstić information content (AvgIpc) is 2.59. The molecule has 80 valence electrons. The lowest BCUT2D eigenvalue weighted by Crippen LogP contribution is -2.11. The second-order valence-corrected chi connectivity index (χ2v) is 3.96. The van der Waals surface area contributed by atoms with Crippen LogP contribution in [0, 0.1) is 5.92 Å². The first-order valence-corrected chi connectivity index (χ1v) is 5.02. The number of aromatic nitrogens is 2. The monoisotopic (exact) mass is 205 g/mol. The van der Waals surface area contributed by atoms with Crippen LogP contribution in [0.2, 0.25) is 0 Å². The molecule has 0 fully saturated rings. The fourth-order valence-corrected chi connectivity index (χ4v) is 1.55. The normalized spacial score (nSPS) is 13.2. The molecule has 0 radical (unpaired) electrons. The molecule has 1 unspecified atom stereocenters. The van der Waals surface area contributed by atoms with E-state index in [1.165, 1.54) is 0 Å². The standard InChI is InChI=1S/C11H15N3O/c1-8(7-15)5-14-6-9-2-3-10(12)4-11(9)13-14/h2-4,6,8,15H,5,7,12H2,1H3. The molecule has 0 saturated carbocycles. The van der Waals surface area contributed by atoms with E-state index in [4.69, 9.17) is 10.8 Å².